The van der Waals surface area contributed by atoms with E-state index in [-0.39, 0.29) is 23.2 Å². The van der Waals surface area contributed by atoms with Gasteiger partial charge in [0.1, 0.15) is 16.6 Å². The molecule has 0 spiro atoms. The van der Waals surface area contributed by atoms with Crippen molar-refractivity contribution in [2.24, 2.45) is 0 Å². The zero-order valence-electron chi connectivity index (χ0n) is 16.4. The van der Waals surface area contributed by atoms with Crippen LogP contribution in [0.5, 0.6) is 5.75 Å². The van der Waals surface area contributed by atoms with Crippen LogP contribution in [-0.4, -0.2) is 28.6 Å². The van der Waals surface area contributed by atoms with Gasteiger partial charge in [-0.2, -0.15) is 0 Å². The third kappa shape index (κ3) is 6.35. The van der Waals surface area contributed by atoms with E-state index in [4.69, 9.17) is 4.74 Å². The molecule has 1 heterocycles. The summed E-state index contributed by atoms with van der Waals surface area (Å²) < 4.78 is 18.3. The van der Waals surface area contributed by atoms with Crippen molar-refractivity contribution in [1.29, 1.82) is 0 Å². The van der Waals surface area contributed by atoms with Crippen molar-refractivity contribution in [2.75, 3.05) is 11.9 Å². The number of nitrogens with one attached hydrogen (secondary N) is 2. The second-order valence-corrected chi connectivity index (χ2v) is 7.38. The molecule has 7 nitrogen and oxygen atoms in total. The Hall–Kier alpha value is -3.33. The van der Waals surface area contributed by atoms with Crippen LogP contribution >= 0.6 is 11.3 Å². The molecular formula is C21H21FN4O3S. The number of rotatable bonds is 9. The van der Waals surface area contributed by atoms with Crippen LogP contribution in [0, 0.1) is 5.82 Å². The summed E-state index contributed by atoms with van der Waals surface area (Å²) in [6, 6.07) is 13.0. The monoisotopic (exact) mass is 428 g/mol. The highest BCUT2D eigenvalue weighted by Crippen LogP contribution is 2.15. The smallest absolute Gasteiger partial charge is 0.286 e. The van der Waals surface area contributed by atoms with Gasteiger partial charge >= 0.3 is 0 Å². The zero-order valence-corrected chi connectivity index (χ0v) is 17.2. The Kier molecular flexibility index (Phi) is 7.45. The van der Waals surface area contributed by atoms with Gasteiger partial charge in [-0.3, -0.25) is 9.59 Å². The van der Waals surface area contributed by atoms with Gasteiger partial charge in [0.05, 0.1) is 6.61 Å². The molecule has 0 atom stereocenters. The largest absolute Gasteiger partial charge is 0.494 e. The van der Waals surface area contributed by atoms with E-state index in [1.54, 1.807) is 0 Å². The molecule has 2 amide bonds. The molecule has 0 fully saturated rings. The Morgan fingerprint density at radius 3 is 2.50 bits per heavy atom. The van der Waals surface area contributed by atoms with Gasteiger partial charge in [-0.05, 0) is 48.9 Å². The summed E-state index contributed by atoms with van der Waals surface area (Å²) in [5.74, 6) is -0.128. The minimum absolute atomic E-state index is 0.114. The minimum Gasteiger partial charge on any atom is -0.494 e. The number of amides is 2. The second-order valence-electron chi connectivity index (χ2n) is 6.32. The third-order valence-corrected chi connectivity index (χ3v) is 5.03. The molecule has 9 heteroatoms. The van der Waals surface area contributed by atoms with Gasteiger partial charge in [0, 0.05) is 25.1 Å². The SMILES string of the molecule is CCOc1ccc(CNC(=O)CCc2nnc(C(=O)Nc3ccc(F)cc3)s2)cc1. The number of carbonyl (C=O) groups excluding carboxylic acids is 2. The number of anilines is 1. The first-order valence-corrected chi connectivity index (χ1v) is 10.2. The quantitative estimate of drug-likeness (QED) is 0.543. The van der Waals surface area contributed by atoms with Crippen molar-refractivity contribution in [3.8, 4) is 5.75 Å². The lowest BCUT2D eigenvalue weighted by molar-refractivity contribution is -0.121. The summed E-state index contributed by atoms with van der Waals surface area (Å²) in [5, 5.41) is 14.1. The molecule has 0 aliphatic heterocycles. The topological polar surface area (TPSA) is 93.2 Å². The highest BCUT2D eigenvalue weighted by molar-refractivity contribution is 7.13. The number of aromatic nitrogens is 2. The molecule has 0 radical (unpaired) electrons. The summed E-state index contributed by atoms with van der Waals surface area (Å²) >= 11 is 1.12. The lowest BCUT2D eigenvalue weighted by Crippen LogP contribution is -2.22. The molecule has 3 aromatic rings. The van der Waals surface area contributed by atoms with Crippen molar-refractivity contribution in [3.63, 3.8) is 0 Å². The number of aryl methyl sites for hydroxylation is 1. The Labute approximate surface area is 177 Å². The van der Waals surface area contributed by atoms with Crippen molar-refractivity contribution < 1.29 is 18.7 Å². The molecule has 0 saturated carbocycles. The maximum atomic E-state index is 12.9. The van der Waals surface area contributed by atoms with E-state index in [9.17, 15) is 14.0 Å². The van der Waals surface area contributed by atoms with Crippen molar-refractivity contribution in [3.05, 3.63) is 69.9 Å². The summed E-state index contributed by atoms with van der Waals surface area (Å²) in [6.07, 6.45) is 0.627. The summed E-state index contributed by atoms with van der Waals surface area (Å²) in [5.41, 5.74) is 1.44. The van der Waals surface area contributed by atoms with Crippen molar-refractivity contribution >= 4 is 28.8 Å². The van der Waals surface area contributed by atoms with Crippen LogP contribution in [0.1, 0.15) is 33.7 Å². The van der Waals surface area contributed by atoms with Crippen molar-refractivity contribution in [2.45, 2.75) is 26.3 Å². The van der Waals surface area contributed by atoms with E-state index in [2.05, 4.69) is 20.8 Å². The maximum absolute atomic E-state index is 12.9. The first-order chi connectivity index (χ1) is 14.5. The Morgan fingerprint density at radius 1 is 1.07 bits per heavy atom. The average molecular weight is 428 g/mol. The van der Waals surface area contributed by atoms with Gasteiger partial charge in [-0.15, -0.1) is 10.2 Å². The Morgan fingerprint density at radius 2 is 1.80 bits per heavy atom. The number of hydrogen-bond acceptors (Lipinski definition) is 6. The predicted molar refractivity (Wildman–Crippen MR) is 112 cm³/mol. The van der Waals surface area contributed by atoms with E-state index >= 15 is 0 Å². The zero-order chi connectivity index (χ0) is 21.3. The minimum atomic E-state index is -0.426. The normalized spacial score (nSPS) is 10.5. The van der Waals surface area contributed by atoms with Crippen LogP contribution in [0.4, 0.5) is 10.1 Å². The number of ether oxygens (including phenoxy) is 1. The molecule has 1 aromatic heterocycles. The number of carbonyl (C=O) groups is 2. The summed E-state index contributed by atoms with van der Waals surface area (Å²) in [6.45, 7) is 2.96. The number of hydrogen-bond donors (Lipinski definition) is 2. The van der Waals surface area contributed by atoms with Crippen LogP contribution in [0.3, 0.4) is 0 Å². The third-order valence-electron chi connectivity index (χ3n) is 4.05. The average Bonchev–Trinajstić information content (AvgIpc) is 3.23. The van der Waals surface area contributed by atoms with Crippen LogP contribution in [0.2, 0.25) is 0 Å². The lowest BCUT2D eigenvalue weighted by Gasteiger charge is -2.06. The Balaban J connectivity index is 1.43. The molecule has 0 aliphatic rings. The van der Waals surface area contributed by atoms with Crippen molar-refractivity contribution in [1.82, 2.24) is 15.5 Å². The fraction of sp³-hybridized carbons (Fsp3) is 0.238. The standard InChI is InChI=1S/C21H21FN4O3S/c1-2-29-17-9-3-14(4-10-17)13-23-18(27)11-12-19-25-26-21(30-19)20(28)24-16-7-5-15(22)6-8-16/h3-10H,2,11-13H2,1H3,(H,23,27)(H,24,28). The molecule has 30 heavy (non-hydrogen) atoms. The second kappa shape index (κ2) is 10.4. The molecule has 0 saturated heterocycles. The summed E-state index contributed by atoms with van der Waals surface area (Å²) in [7, 11) is 0. The van der Waals surface area contributed by atoms with Gasteiger partial charge in [-0.25, -0.2) is 4.39 Å². The van der Waals surface area contributed by atoms with Gasteiger partial charge in [0.2, 0.25) is 10.9 Å². The van der Waals surface area contributed by atoms with E-state index in [1.165, 1.54) is 24.3 Å². The lowest BCUT2D eigenvalue weighted by atomic mass is 10.2. The maximum Gasteiger partial charge on any atom is 0.286 e. The molecule has 0 unspecified atom stereocenters. The predicted octanol–water partition coefficient (Wildman–Crippen LogP) is 3.58. The van der Waals surface area contributed by atoms with E-state index in [0.717, 1.165) is 22.6 Å². The molecular weight excluding hydrogens is 407 g/mol. The van der Waals surface area contributed by atoms with Crippen LogP contribution < -0.4 is 15.4 Å². The number of nitrogens with zero attached hydrogens (tertiary/aromatic N) is 2. The molecule has 3 rings (SSSR count). The molecule has 156 valence electrons. The number of halogens is 1. The van der Waals surface area contributed by atoms with Crippen LogP contribution in [0.15, 0.2) is 48.5 Å². The first-order valence-electron chi connectivity index (χ1n) is 9.41. The first kappa shape index (κ1) is 21.4. The van der Waals surface area contributed by atoms with E-state index < -0.39 is 5.91 Å². The molecule has 2 aromatic carbocycles. The van der Waals surface area contributed by atoms with E-state index in [0.29, 0.717) is 30.3 Å². The van der Waals surface area contributed by atoms with Crippen LogP contribution in [-0.2, 0) is 17.8 Å². The Bertz CT molecular complexity index is 990. The highest BCUT2D eigenvalue weighted by Gasteiger charge is 2.14. The highest BCUT2D eigenvalue weighted by atomic mass is 32.1. The molecule has 2 N–H and O–H groups in total. The van der Waals surface area contributed by atoms with Gasteiger partial charge in [0.25, 0.3) is 5.91 Å². The van der Waals surface area contributed by atoms with E-state index in [1.807, 2.05) is 31.2 Å². The molecule has 0 aliphatic carbocycles. The fourth-order valence-electron chi connectivity index (χ4n) is 2.54. The van der Waals surface area contributed by atoms with Gasteiger partial charge < -0.3 is 15.4 Å². The van der Waals surface area contributed by atoms with Gasteiger partial charge in [0.15, 0.2) is 0 Å². The van der Waals surface area contributed by atoms with Gasteiger partial charge in [-0.1, -0.05) is 23.5 Å². The van der Waals surface area contributed by atoms with Crippen LogP contribution in [0.25, 0.3) is 0 Å². The fourth-order valence-corrected chi connectivity index (χ4v) is 3.28. The summed E-state index contributed by atoms with van der Waals surface area (Å²) in [4.78, 5) is 24.3. The number of benzene rings is 2. The molecule has 0 bridgehead atoms.